The molecule has 146 valence electrons. The molecule has 0 radical (unpaired) electrons. The van der Waals surface area contributed by atoms with Crippen LogP contribution in [0.25, 0.3) is 0 Å². The van der Waals surface area contributed by atoms with E-state index in [1.807, 2.05) is 0 Å². The van der Waals surface area contributed by atoms with Gasteiger partial charge in [-0.2, -0.15) is 0 Å². The van der Waals surface area contributed by atoms with Crippen molar-refractivity contribution in [2.24, 2.45) is 0 Å². The fourth-order valence-corrected chi connectivity index (χ4v) is 4.86. The molecule has 1 heterocycles. The molecule has 1 rings (SSSR count). The molecule has 25 heavy (non-hydrogen) atoms. The Labute approximate surface area is 162 Å². The summed E-state index contributed by atoms with van der Waals surface area (Å²) in [4.78, 5) is 3.26. The number of rotatable bonds is 13. The van der Waals surface area contributed by atoms with E-state index in [-0.39, 0.29) is 0 Å². The Hall–Kier alpha value is -0.300. The summed E-state index contributed by atoms with van der Waals surface area (Å²) in [6, 6.07) is 2.56. The van der Waals surface area contributed by atoms with E-state index < -0.39 is 0 Å². The van der Waals surface area contributed by atoms with Crippen LogP contribution in [0.5, 0.6) is 0 Å². The Balaban J connectivity index is 2.65. The Morgan fingerprint density at radius 2 is 1.24 bits per heavy atom. The van der Waals surface area contributed by atoms with Crippen molar-refractivity contribution in [1.29, 1.82) is 0 Å². The fraction of sp³-hybridized carbons (Fsp3) is 0.833. The van der Waals surface area contributed by atoms with Gasteiger partial charge in [0.25, 0.3) is 0 Å². The summed E-state index contributed by atoms with van der Waals surface area (Å²) in [6.07, 6.45) is 15.0. The van der Waals surface area contributed by atoms with E-state index in [1.165, 1.54) is 70.6 Å². The van der Waals surface area contributed by atoms with Crippen molar-refractivity contribution in [3.05, 3.63) is 21.4 Å². The Morgan fingerprint density at radius 3 is 1.76 bits per heavy atom. The minimum absolute atomic E-state index is 0.320. The van der Waals surface area contributed by atoms with Crippen molar-refractivity contribution in [3.63, 3.8) is 0 Å². The molecule has 0 amide bonds. The topological polar surface area (TPSA) is 0 Å². The van der Waals surface area contributed by atoms with Crippen LogP contribution in [0.15, 0.2) is 6.07 Å². The maximum absolute atomic E-state index is 2.56. The fourth-order valence-electron chi connectivity index (χ4n) is 3.30. The molecule has 1 aromatic rings. The Bertz CT molecular complexity index is 478. The van der Waals surface area contributed by atoms with Crippen molar-refractivity contribution in [2.45, 2.75) is 130 Å². The van der Waals surface area contributed by atoms with Crippen LogP contribution in [-0.4, -0.2) is 0 Å². The zero-order valence-corrected chi connectivity index (χ0v) is 19.1. The number of hydrogen-bond acceptors (Lipinski definition) is 1. The number of aryl methyl sites for hydroxylation is 1. The molecule has 0 aliphatic carbocycles. The lowest BCUT2D eigenvalue weighted by Crippen LogP contribution is -2.15. The Morgan fingerprint density at radius 1 is 0.720 bits per heavy atom. The van der Waals surface area contributed by atoms with E-state index >= 15 is 0 Å². The minimum Gasteiger partial charge on any atom is -0.144 e. The highest BCUT2D eigenvalue weighted by Gasteiger charge is 2.28. The van der Waals surface area contributed by atoms with Crippen molar-refractivity contribution in [3.8, 4) is 0 Å². The summed E-state index contributed by atoms with van der Waals surface area (Å²) >= 11 is 2.10. The number of thiophene rings is 1. The molecule has 1 aromatic heterocycles. The third-order valence-corrected chi connectivity index (χ3v) is 8.07. The second-order valence-corrected chi connectivity index (χ2v) is 10.2. The van der Waals surface area contributed by atoms with Gasteiger partial charge in [0, 0.05) is 9.75 Å². The first-order valence-electron chi connectivity index (χ1n) is 10.9. The van der Waals surface area contributed by atoms with E-state index in [9.17, 15) is 0 Å². The molecule has 0 spiro atoms. The molecule has 0 N–H and O–H groups in total. The lowest BCUT2D eigenvalue weighted by Gasteiger charge is -2.24. The Kier molecular flexibility index (Phi) is 9.78. The summed E-state index contributed by atoms with van der Waals surface area (Å²) in [5, 5.41) is 0. The molecule has 0 atom stereocenters. The predicted molar refractivity (Wildman–Crippen MR) is 117 cm³/mol. The van der Waals surface area contributed by atoms with Gasteiger partial charge in [0.15, 0.2) is 0 Å². The van der Waals surface area contributed by atoms with Crippen LogP contribution in [0.1, 0.15) is 128 Å². The second-order valence-electron chi connectivity index (χ2n) is 9.16. The first-order valence-corrected chi connectivity index (χ1v) is 11.7. The van der Waals surface area contributed by atoms with Gasteiger partial charge in [-0.15, -0.1) is 11.3 Å². The largest absolute Gasteiger partial charge is 0.144 e. The van der Waals surface area contributed by atoms with Gasteiger partial charge in [-0.05, 0) is 48.1 Å². The zero-order valence-electron chi connectivity index (χ0n) is 18.3. The van der Waals surface area contributed by atoms with Gasteiger partial charge in [0.1, 0.15) is 0 Å². The second kappa shape index (κ2) is 10.8. The molecule has 0 aliphatic rings. The van der Waals surface area contributed by atoms with Gasteiger partial charge in [-0.25, -0.2) is 0 Å². The summed E-state index contributed by atoms with van der Waals surface area (Å²) in [5.41, 5.74) is 2.29. The van der Waals surface area contributed by atoms with Crippen LogP contribution in [-0.2, 0) is 17.3 Å². The molecule has 0 fully saturated rings. The van der Waals surface area contributed by atoms with Crippen LogP contribution in [0, 0.1) is 0 Å². The van der Waals surface area contributed by atoms with Gasteiger partial charge >= 0.3 is 0 Å². The molecule has 0 unspecified atom stereocenters. The maximum Gasteiger partial charge on any atom is 0.0137 e. The van der Waals surface area contributed by atoms with E-state index in [1.54, 1.807) is 15.3 Å². The van der Waals surface area contributed by atoms with Gasteiger partial charge in [-0.3, -0.25) is 0 Å². The SMILES string of the molecule is CCCCCCCCCCc1cc(C(C)(C)CC)sc1C(C)(C)CC. The minimum atomic E-state index is 0.320. The molecule has 0 aliphatic heterocycles. The number of unbranched alkanes of at least 4 members (excludes halogenated alkanes) is 7. The molecule has 0 saturated carbocycles. The van der Waals surface area contributed by atoms with Crippen LogP contribution < -0.4 is 0 Å². The average Bonchev–Trinajstić information content (AvgIpc) is 3.03. The first kappa shape index (κ1) is 22.7. The van der Waals surface area contributed by atoms with E-state index in [0.717, 1.165) is 0 Å². The molecule has 0 bridgehead atoms. The average molecular weight is 365 g/mol. The van der Waals surface area contributed by atoms with Crippen LogP contribution in [0.2, 0.25) is 0 Å². The summed E-state index contributed by atoms with van der Waals surface area (Å²) < 4.78 is 0. The van der Waals surface area contributed by atoms with Crippen LogP contribution in [0.4, 0.5) is 0 Å². The molecule has 0 nitrogen and oxygen atoms in total. The highest BCUT2D eigenvalue weighted by atomic mass is 32.1. The van der Waals surface area contributed by atoms with Gasteiger partial charge in [0.05, 0.1) is 0 Å². The third kappa shape index (κ3) is 7.08. The van der Waals surface area contributed by atoms with E-state index in [0.29, 0.717) is 10.8 Å². The number of hydrogen-bond donors (Lipinski definition) is 0. The molecule has 0 saturated heterocycles. The molecular weight excluding hydrogens is 320 g/mol. The molecule has 0 aromatic carbocycles. The van der Waals surface area contributed by atoms with Crippen LogP contribution >= 0.6 is 11.3 Å². The predicted octanol–water partition coefficient (Wildman–Crippen LogP) is 8.81. The highest BCUT2D eigenvalue weighted by molar-refractivity contribution is 7.12. The summed E-state index contributed by atoms with van der Waals surface area (Å²) in [6.45, 7) is 16.6. The highest BCUT2D eigenvalue weighted by Crippen LogP contribution is 2.42. The van der Waals surface area contributed by atoms with Crippen molar-refractivity contribution >= 4 is 11.3 Å². The normalized spacial score (nSPS) is 12.8. The van der Waals surface area contributed by atoms with Crippen molar-refractivity contribution in [2.75, 3.05) is 0 Å². The van der Waals surface area contributed by atoms with E-state index in [4.69, 9.17) is 0 Å². The van der Waals surface area contributed by atoms with Crippen molar-refractivity contribution < 1.29 is 0 Å². The maximum atomic E-state index is 2.56. The van der Waals surface area contributed by atoms with Gasteiger partial charge in [0.2, 0.25) is 0 Å². The van der Waals surface area contributed by atoms with Crippen LogP contribution in [0.3, 0.4) is 0 Å². The lowest BCUT2D eigenvalue weighted by molar-refractivity contribution is 0.510. The zero-order chi connectivity index (χ0) is 18.9. The first-order chi connectivity index (χ1) is 11.8. The quantitative estimate of drug-likeness (QED) is 0.307. The standard InChI is InChI=1S/C24H44S/c1-8-11-12-13-14-15-16-17-18-20-19-21(23(4,5)9-2)25-22(20)24(6,7)10-3/h19H,8-18H2,1-7H3. The summed E-state index contributed by atoms with van der Waals surface area (Å²) in [5.74, 6) is 0. The van der Waals surface area contributed by atoms with Crippen molar-refractivity contribution in [1.82, 2.24) is 0 Å². The monoisotopic (exact) mass is 364 g/mol. The third-order valence-electron chi connectivity index (χ3n) is 6.16. The van der Waals surface area contributed by atoms with Gasteiger partial charge < -0.3 is 0 Å². The summed E-state index contributed by atoms with van der Waals surface area (Å²) in [7, 11) is 0. The molecular formula is C24H44S. The van der Waals surface area contributed by atoms with Gasteiger partial charge in [-0.1, -0.05) is 93.4 Å². The smallest absolute Gasteiger partial charge is 0.0137 e. The van der Waals surface area contributed by atoms with E-state index in [2.05, 4.69) is 65.9 Å². The lowest BCUT2D eigenvalue weighted by atomic mass is 9.84. The molecule has 1 heteroatoms.